The summed E-state index contributed by atoms with van der Waals surface area (Å²) in [6.45, 7) is 0. The largest absolute Gasteiger partial charge is 0.490 e. The Hall–Kier alpha value is -2.69. The van der Waals surface area contributed by atoms with Crippen LogP contribution in [0.5, 0.6) is 5.75 Å². The molecular formula is C13H15N3O7S. The van der Waals surface area contributed by atoms with Crippen molar-refractivity contribution in [2.45, 2.75) is 6.42 Å². The van der Waals surface area contributed by atoms with Gasteiger partial charge in [-0.25, -0.2) is 8.42 Å². The second kappa shape index (κ2) is 6.83. The zero-order chi connectivity index (χ0) is 17.9. The van der Waals surface area contributed by atoms with Crippen molar-refractivity contribution in [1.29, 1.82) is 0 Å². The summed E-state index contributed by atoms with van der Waals surface area (Å²) >= 11 is 0. The molecule has 1 aromatic carbocycles. The summed E-state index contributed by atoms with van der Waals surface area (Å²) in [5.74, 6) is -2.44. The van der Waals surface area contributed by atoms with Crippen molar-refractivity contribution < 1.29 is 27.7 Å². The van der Waals surface area contributed by atoms with Crippen LogP contribution in [0.1, 0.15) is 16.8 Å². The van der Waals surface area contributed by atoms with Crippen molar-refractivity contribution >= 4 is 27.3 Å². The van der Waals surface area contributed by atoms with E-state index in [1.165, 1.54) is 19.2 Å². The van der Waals surface area contributed by atoms with Crippen molar-refractivity contribution in [3.05, 3.63) is 33.9 Å². The second-order valence-corrected chi connectivity index (χ2v) is 7.42. The number of methoxy groups -OCH3 is 1. The van der Waals surface area contributed by atoms with E-state index < -0.39 is 38.2 Å². The molecule has 1 aromatic rings. The highest BCUT2D eigenvalue weighted by molar-refractivity contribution is 7.91. The van der Waals surface area contributed by atoms with Gasteiger partial charge < -0.3 is 4.74 Å². The Kier molecular flexibility index (Phi) is 5.02. The van der Waals surface area contributed by atoms with E-state index in [2.05, 4.69) is 10.9 Å². The van der Waals surface area contributed by atoms with Crippen molar-refractivity contribution in [3.8, 4) is 5.75 Å². The molecule has 1 fully saturated rings. The number of benzene rings is 1. The molecule has 0 unspecified atom stereocenters. The van der Waals surface area contributed by atoms with Crippen LogP contribution < -0.4 is 15.6 Å². The topological polar surface area (TPSA) is 145 Å². The second-order valence-electron chi connectivity index (χ2n) is 5.19. The molecule has 11 heteroatoms. The number of hydrogen-bond acceptors (Lipinski definition) is 7. The van der Waals surface area contributed by atoms with E-state index in [4.69, 9.17) is 4.74 Å². The number of ether oxygens (including phenoxy) is 1. The van der Waals surface area contributed by atoms with E-state index in [1.807, 2.05) is 0 Å². The molecule has 1 aliphatic rings. The number of carbonyl (C=O) groups is 2. The van der Waals surface area contributed by atoms with Crippen LogP contribution in [-0.4, -0.2) is 43.8 Å². The molecule has 130 valence electrons. The van der Waals surface area contributed by atoms with Gasteiger partial charge in [0.25, 0.3) is 5.91 Å². The molecule has 0 radical (unpaired) electrons. The lowest BCUT2D eigenvalue weighted by Crippen LogP contribution is -2.44. The minimum absolute atomic E-state index is 0.00301. The molecule has 1 heterocycles. The average Bonchev–Trinajstić information content (AvgIpc) is 2.91. The summed E-state index contributed by atoms with van der Waals surface area (Å²) in [5.41, 5.74) is 3.80. The molecule has 2 rings (SSSR count). The minimum atomic E-state index is -3.22. The smallest absolute Gasteiger partial charge is 0.311 e. The van der Waals surface area contributed by atoms with Crippen LogP contribution in [0, 0.1) is 16.0 Å². The maximum atomic E-state index is 12.0. The first-order valence-corrected chi connectivity index (χ1v) is 8.68. The number of nitro groups is 1. The van der Waals surface area contributed by atoms with E-state index in [1.54, 1.807) is 0 Å². The van der Waals surface area contributed by atoms with Gasteiger partial charge in [-0.05, 0) is 18.6 Å². The van der Waals surface area contributed by atoms with E-state index in [9.17, 15) is 28.1 Å². The molecule has 24 heavy (non-hydrogen) atoms. The summed E-state index contributed by atoms with van der Waals surface area (Å²) < 4.78 is 27.5. The lowest BCUT2D eigenvalue weighted by atomic mass is 10.1. The summed E-state index contributed by atoms with van der Waals surface area (Å²) in [4.78, 5) is 34.0. The van der Waals surface area contributed by atoms with Gasteiger partial charge in [0.2, 0.25) is 5.91 Å². The molecule has 0 aromatic heterocycles. The highest BCUT2D eigenvalue weighted by Crippen LogP contribution is 2.27. The number of rotatable bonds is 4. The predicted molar refractivity (Wildman–Crippen MR) is 82.0 cm³/mol. The monoisotopic (exact) mass is 357 g/mol. The normalized spacial score (nSPS) is 18.6. The standard InChI is InChI=1S/C13H15N3O7S/c1-23-11-3-2-8(6-10(11)16(19)20)12(17)14-15-13(18)9-4-5-24(21,22)7-9/h2-3,6,9H,4-5,7H2,1H3,(H,14,17)(H,15,18)/t9-/m1/s1. The quantitative estimate of drug-likeness (QED) is 0.560. The third-order valence-electron chi connectivity index (χ3n) is 3.54. The van der Waals surface area contributed by atoms with Crippen LogP contribution in [0.15, 0.2) is 18.2 Å². The van der Waals surface area contributed by atoms with Gasteiger partial charge in [-0.2, -0.15) is 0 Å². The van der Waals surface area contributed by atoms with Gasteiger partial charge in [-0.15, -0.1) is 0 Å². The Labute approximate surface area is 137 Å². The minimum Gasteiger partial charge on any atom is -0.490 e. The Morgan fingerprint density at radius 2 is 2.04 bits per heavy atom. The van der Waals surface area contributed by atoms with E-state index >= 15 is 0 Å². The van der Waals surface area contributed by atoms with Crippen LogP contribution >= 0.6 is 0 Å². The van der Waals surface area contributed by atoms with Crippen LogP contribution in [0.25, 0.3) is 0 Å². The van der Waals surface area contributed by atoms with Gasteiger partial charge in [-0.3, -0.25) is 30.6 Å². The Morgan fingerprint density at radius 1 is 1.33 bits per heavy atom. The Balaban J connectivity index is 2.01. The molecule has 10 nitrogen and oxygen atoms in total. The summed E-state index contributed by atoms with van der Waals surface area (Å²) in [6, 6.07) is 3.58. The number of nitrogens with zero attached hydrogens (tertiary/aromatic N) is 1. The third kappa shape index (κ3) is 3.98. The summed E-state index contributed by atoms with van der Waals surface area (Å²) in [7, 11) is -1.95. The molecule has 2 N–H and O–H groups in total. The van der Waals surface area contributed by atoms with Crippen molar-refractivity contribution in [1.82, 2.24) is 10.9 Å². The third-order valence-corrected chi connectivity index (χ3v) is 5.31. The number of sulfone groups is 1. The fourth-order valence-electron chi connectivity index (χ4n) is 2.27. The first kappa shape index (κ1) is 17.7. The molecule has 1 atom stereocenters. The zero-order valence-corrected chi connectivity index (χ0v) is 13.5. The average molecular weight is 357 g/mol. The molecule has 0 bridgehead atoms. The maximum absolute atomic E-state index is 12.0. The van der Waals surface area contributed by atoms with Gasteiger partial charge in [0.15, 0.2) is 15.6 Å². The zero-order valence-electron chi connectivity index (χ0n) is 12.6. The van der Waals surface area contributed by atoms with Gasteiger partial charge in [0.1, 0.15) is 0 Å². The van der Waals surface area contributed by atoms with Gasteiger partial charge in [0, 0.05) is 11.6 Å². The van der Waals surface area contributed by atoms with Crippen LogP contribution in [0.3, 0.4) is 0 Å². The number of nitrogens with one attached hydrogen (secondary N) is 2. The van der Waals surface area contributed by atoms with Gasteiger partial charge in [-0.1, -0.05) is 0 Å². The van der Waals surface area contributed by atoms with E-state index in [0.717, 1.165) is 6.07 Å². The molecule has 1 aliphatic heterocycles. The van der Waals surface area contributed by atoms with Gasteiger partial charge >= 0.3 is 5.69 Å². The number of carbonyl (C=O) groups excluding carboxylic acids is 2. The summed E-state index contributed by atoms with van der Waals surface area (Å²) in [5, 5.41) is 10.9. The van der Waals surface area contributed by atoms with Crippen molar-refractivity contribution in [2.75, 3.05) is 18.6 Å². The molecular weight excluding hydrogens is 342 g/mol. The van der Waals surface area contributed by atoms with Crippen molar-refractivity contribution in [2.24, 2.45) is 5.92 Å². The Morgan fingerprint density at radius 3 is 2.58 bits per heavy atom. The molecule has 0 spiro atoms. The van der Waals surface area contributed by atoms with Crippen LogP contribution in [0.2, 0.25) is 0 Å². The highest BCUT2D eigenvalue weighted by atomic mass is 32.2. The lowest BCUT2D eigenvalue weighted by molar-refractivity contribution is -0.385. The predicted octanol–water partition coefficient (Wildman–Crippen LogP) is -0.201. The maximum Gasteiger partial charge on any atom is 0.311 e. The molecule has 1 saturated heterocycles. The number of amides is 2. The molecule has 0 saturated carbocycles. The summed E-state index contributed by atoms with van der Waals surface area (Å²) in [6.07, 6.45) is 0.193. The fraction of sp³-hybridized carbons (Fsp3) is 0.385. The number of hydrazine groups is 1. The Bertz CT molecular complexity index is 791. The van der Waals surface area contributed by atoms with E-state index in [0.29, 0.717) is 0 Å². The first-order valence-electron chi connectivity index (χ1n) is 6.86. The first-order chi connectivity index (χ1) is 11.2. The molecule has 0 aliphatic carbocycles. The number of nitro benzene ring substituents is 1. The van der Waals surface area contributed by atoms with E-state index in [-0.39, 0.29) is 29.2 Å². The fourth-order valence-corrected chi connectivity index (χ4v) is 4.01. The highest BCUT2D eigenvalue weighted by Gasteiger charge is 2.33. The molecule has 2 amide bonds. The van der Waals surface area contributed by atoms with Crippen LogP contribution in [0.4, 0.5) is 5.69 Å². The number of hydrogen-bond donors (Lipinski definition) is 2. The van der Waals surface area contributed by atoms with Gasteiger partial charge in [0.05, 0.1) is 29.5 Å². The lowest BCUT2D eigenvalue weighted by Gasteiger charge is -2.11. The van der Waals surface area contributed by atoms with Crippen LogP contribution in [-0.2, 0) is 14.6 Å². The SMILES string of the molecule is COc1ccc(C(=O)NNC(=O)[C@@H]2CCS(=O)(=O)C2)cc1[N+](=O)[O-]. The van der Waals surface area contributed by atoms with Crippen molar-refractivity contribution in [3.63, 3.8) is 0 Å².